The summed E-state index contributed by atoms with van der Waals surface area (Å²) in [6, 6.07) is 3.91. The Bertz CT molecular complexity index is 423. The van der Waals surface area contributed by atoms with Gasteiger partial charge in [-0.15, -0.1) is 0 Å². The van der Waals surface area contributed by atoms with E-state index in [-0.39, 0.29) is 18.0 Å². The van der Waals surface area contributed by atoms with E-state index < -0.39 is 17.3 Å². The molecule has 0 amide bonds. The Morgan fingerprint density at radius 2 is 2.00 bits per heavy atom. The minimum Gasteiger partial charge on any atom is -0.490 e. The average Bonchev–Trinajstić information content (AvgIpc) is 2.22. The fraction of sp³-hybridized carbons (Fsp3) is 0.462. The molecule has 0 saturated heterocycles. The average molecular weight is 256 g/mol. The van der Waals surface area contributed by atoms with Crippen molar-refractivity contribution in [2.45, 2.75) is 26.4 Å². The van der Waals surface area contributed by atoms with Crippen LogP contribution in [0.15, 0.2) is 18.2 Å². The van der Waals surface area contributed by atoms with Crippen molar-refractivity contribution in [2.75, 3.05) is 13.2 Å². The lowest BCUT2D eigenvalue weighted by molar-refractivity contribution is -0.0165. The van der Waals surface area contributed by atoms with Crippen LogP contribution in [0.25, 0.3) is 0 Å². The number of carboxylic acids is 1. The Kier molecular flexibility index (Phi) is 4.67. The van der Waals surface area contributed by atoms with Crippen LogP contribution in [-0.2, 0) is 4.74 Å². The molecule has 1 aromatic carbocycles. The first-order valence-electron chi connectivity index (χ1n) is 5.60. The van der Waals surface area contributed by atoms with E-state index in [0.717, 1.165) is 6.07 Å². The number of ether oxygens (including phenoxy) is 2. The largest absolute Gasteiger partial charge is 0.490 e. The van der Waals surface area contributed by atoms with Gasteiger partial charge in [0.1, 0.15) is 23.7 Å². The van der Waals surface area contributed by atoms with Gasteiger partial charge < -0.3 is 14.6 Å². The minimum absolute atomic E-state index is 0.0139. The summed E-state index contributed by atoms with van der Waals surface area (Å²) in [4.78, 5) is 10.9. The van der Waals surface area contributed by atoms with Gasteiger partial charge in [0.05, 0.1) is 12.2 Å². The van der Waals surface area contributed by atoms with Crippen molar-refractivity contribution >= 4 is 5.97 Å². The summed E-state index contributed by atoms with van der Waals surface area (Å²) in [5.74, 6) is -2.14. The molecule has 5 heteroatoms. The molecular formula is C13H17FO4. The molecule has 0 fully saturated rings. The van der Waals surface area contributed by atoms with Gasteiger partial charge in [-0.3, -0.25) is 0 Å². The van der Waals surface area contributed by atoms with Crippen molar-refractivity contribution in [1.82, 2.24) is 0 Å². The number of carboxylic acid groups (broad SMARTS) is 1. The Hall–Kier alpha value is -1.62. The Morgan fingerprint density at radius 1 is 1.33 bits per heavy atom. The van der Waals surface area contributed by atoms with Gasteiger partial charge in [-0.2, -0.15) is 0 Å². The highest BCUT2D eigenvalue weighted by Crippen LogP contribution is 2.21. The molecule has 1 rings (SSSR count). The monoisotopic (exact) mass is 256 g/mol. The second kappa shape index (κ2) is 5.82. The molecule has 0 radical (unpaired) electrons. The number of hydrogen-bond donors (Lipinski definition) is 1. The molecular weight excluding hydrogens is 239 g/mol. The van der Waals surface area contributed by atoms with Crippen LogP contribution < -0.4 is 4.74 Å². The molecule has 0 aliphatic heterocycles. The van der Waals surface area contributed by atoms with E-state index in [9.17, 15) is 9.18 Å². The smallest absolute Gasteiger partial charge is 0.342 e. The van der Waals surface area contributed by atoms with E-state index in [0.29, 0.717) is 6.61 Å². The molecule has 0 unspecified atom stereocenters. The van der Waals surface area contributed by atoms with Crippen LogP contribution in [-0.4, -0.2) is 29.9 Å². The second-order valence-electron chi connectivity index (χ2n) is 4.73. The fourth-order valence-corrected chi connectivity index (χ4v) is 1.33. The predicted molar refractivity (Wildman–Crippen MR) is 64.6 cm³/mol. The van der Waals surface area contributed by atoms with Gasteiger partial charge in [-0.1, -0.05) is 6.07 Å². The van der Waals surface area contributed by atoms with Gasteiger partial charge in [0.15, 0.2) is 0 Å². The van der Waals surface area contributed by atoms with E-state index in [4.69, 9.17) is 14.6 Å². The van der Waals surface area contributed by atoms with Crippen LogP contribution >= 0.6 is 0 Å². The number of aromatic carboxylic acids is 1. The van der Waals surface area contributed by atoms with Gasteiger partial charge in [-0.05, 0) is 32.9 Å². The molecule has 0 aliphatic rings. The van der Waals surface area contributed by atoms with Crippen LogP contribution in [0.1, 0.15) is 31.1 Å². The van der Waals surface area contributed by atoms with E-state index in [1.165, 1.54) is 12.1 Å². The third-order valence-corrected chi connectivity index (χ3v) is 2.07. The van der Waals surface area contributed by atoms with Crippen LogP contribution in [0.4, 0.5) is 4.39 Å². The first-order chi connectivity index (χ1) is 8.31. The van der Waals surface area contributed by atoms with Gasteiger partial charge >= 0.3 is 5.97 Å². The van der Waals surface area contributed by atoms with Gasteiger partial charge in [-0.25, -0.2) is 9.18 Å². The number of halogens is 1. The van der Waals surface area contributed by atoms with Crippen molar-refractivity contribution in [2.24, 2.45) is 0 Å². The third-order valence-electron chi connectivity index (χ3n) is 2.07. The molecule has 0 aromatic heterocycles. The lowest BCUT2D eigenvalue weighted by Gasteiger charge is -2.19. The summed E-state index contributed by atoms with van der Waals surface area (Å²) in [7, 11) is 0. The Balaban J connectivity index is 2.63. The van der Waals surface area contributed by atoms with E-state index in [1.54, 1.807) is 0 Å². The normalized spacial score (nSPS) is 11.3. The van der Waals surface area contributed by atoms with Crippen LogP contribution in [0.3, 0.4) is 0 Å². The zero-order valence-corrected chi connectivity index (χ0v) is 10.7. The summed E-state index contributed by atoms with van der Waals surface area (Å²) in [5.41, 5.74) is -0.741. The molecule has 0 heterocycles. The molecule has 0 spiro atoms. The van der Waals surface area contributed by atoms with Gasteiger partial charge in [0.25, 0.3) is 0 Å². The maximum atomic E-state index is 13.3. The highest BCUT2D eigenvalue weighted by atomic mass is 19.1. The topological polar surface area (TPSA) is 55.8 Å². The second-order valence-corrected chi connectivity index (χ2v) is 4.73. The number of hydrogen-bond acceptors (Lipinski definition) is 3. The summed E-state index contributed by atoms with van der Waals surface area (Å²) in [5, 5.41) is 8.88. The molecule has 0 aliphatic carbocycles. The SMILES string of the molecule is CC(C)(C)OCCOc1cccc(F)c1C(=O)O. The molecule has 0 atom stereocenters. The standard InChI is InChI=1S/C13H17FO4/c1-13(2,3)18-8-7-17-10-6-4-5-9(14)11(10)12(15)16/h4-6H,7-8H2,1-3H3,(H,15,16). The van der Waals surface area contributed by atoms with Crippen molar-refractivity contribution in [3.63, 3.8) is 0 Å². The van der Waals surface area contributed by atoms with Crippen molar-refractivity contribution in [1.29, 1.82) is 0 Å². The summed E-state index contributed by atoms with van der Waals surface area (Å²) >= 11 is 0. The first kappa shape index (κ1) is 14.4. The first-order valence-corrected chi connectivity index (χ1v) is 5.60. The van der Waals surface area contributed by atoms with Crippen molar-refractivity contribution in [3.8, 4) is 5.75 Å². The van der Waals surface area contributed by atoms with Crippen molar-refractivity contribution < 1.29 is 23.8 Å². The maximum absolute atomic E-state index is 13.3. The van der Waals surface area contributed by atoms with E-state index >= 15 is 0 Å². The van der Waals surface area contributed by atoms with Crippen molar-refractivity contribution in [3.05, 3.63) is 29.6 Å². The summed E-state index contributed by atoms with van der Waals surface area (Å²) < 4.78 is 24.0. The van der Waals surface area contributed by atoms with Gasteiger partial charge in [0.2, 0.25) is 0 Å². The fourth-order valence-electron chi connectivity index (χ4n) is 1.33. The van der Waals surface area contributed by atoms with E-state index in [1.807, 2.05) is 20.8 Å². The molecule has 4 nitrogen and oxygen atoms in total. The summed E-state index contributed by atoms with van der Waals surface area (Å²) in [6.45, 7) is 6.17. The lowest BCUT2D eigenvalue weighted by Crippen LogP contribution is -2.22. The van der Waals surface area contributed by atoms with Crippen LogP contribution in [0.5, 0.6) is 5.75 Å². The molecule has 1 N–H and O–H groups in total. The van der Waals surface area contributed by atoms with E-state index in [2.05, 4.69) is 0 Å². The maximum Gasteiger partial charge on any atom is 0.342 e. The number of rotatable bonds is 5. The molecule has 1 aromatic rings. The lowest BCUT2D eigenvalue weighted by atomic mass is 10.2. The van der Waals surface area contributed by atoms with Crippen LogP contribution in [0, 0.1) is 5.82 Å². The third kappa shape index (κ3) is 4.33. The minimum atomic E-state index is -1.35. The van der Waals surface area contributed by atoms with Crippen LogP contribution in [0.2, 0.25) is 0 Å². The highest BCUT2D eigenvalue weighted by molar-refractivity contribution is 5.91. The molecule has 0 saturated carbocycles. The van der Waals surface area contributed by atoms with Gasteiger partial charge in [0, 0.05) is 0 Å². The highest BCUT2D eigenvalue weighted by Gasteiger charge is 2.17. The molecule has 0 bridgehead atoms. The zero-order valence-electron chi connectivity index (χ0n) is 10.7. The molecule has 18 heavy (non-hydrogen) atoms. The number of carbonyl (C=O) groups is 1. The summed E-state index contributed by atoms with van der Waals surface area (Å²) in [6.07, 6.45) is 0. The Labute approximate surface area is 105 Å². The Morgan fingerprint density at radius 3 is 2.56 bits per heavy atom. The number of benzene rings is 1. The quantitative estimate of drug-likeness (QED) is 0.823. The molecule has 100 valence electrons. The predicted octanol–water partition coefficient (Wildman–Crippen LogP) is 2.72. The zero-order chi connectivity index (χ0) is 13.8.